The minimum Gasteiger partial charge on any atom is -0.489 e. The van der Waals surface area contributed by atoms with Crippen LogP contribution >= 0.6 is 10.0 Å². The Labute approximate surface area is 64.8 Å². The van der Waals surface area contributed by atoms with E-state index < -0.39 is 10.0 Å². The molecule has 1 aliphatic rings. The molecular weight excluding hydrogens is 144 g/mol. The largest absolute Gasteiger partial charge is 0.489 e. The van der Waals surface area contributed by atoms with Crippen LogP contribution in [0.3, 0.4) is 0 Å². The molecule has 60 valence electrons. The third-order valence-electron chi connectivity index (χ3n) is 1.51. The van der Waals surface area contributed by atoms with Crippen LogP contribution in [0.25, 0.3) is 0 Å². The lowest BCUT2D eigenvalue weighted by Gasteiger charge is -2.30. The molecule has 1 heterocycles. The van der Waals surface area contributed by atoms with Gasteiger partial charge in [-0.05, 0) is 37.7 Å². The number of allylic oxidation sites excluding steroid dienone is 1. The lowest BCUT2D eigenvalue weighted by Crippen LogP contribution is -2.06. The number of rotatable bonds is 1. The maximum atomic E-state index is 5.54. The van der Waals surface area contributed by atoms with Crippen molar-refractivity contribution in [2.24, 2.45) is 0 Å². The fourth-order valence-electron chi connectivity index (χ4n) is 0.962. The zero-order chi connectivity index (χ0) is 7.61. The molecule has 0 bridgehead atoms. The van der Waals surface area contributed by atoms with Crippen LogP contribution in [0.15, 0.2) is 11.2 Å². The average Bonchev–Trinajstić information content (AvgIpc) is 1.88. The van der Waals surface area contributed by atoms with Crippen LogP contribution in [0.1, 0.15) is 12.8 Å². The summed E-state index contributed by atoms with van der Waals surface area (Å²) in [6.07, 6.45) is 11.5. The summed E-state index contributed by atoms with van der Waals surface area (Å²) in [4.78, 5) is 0. The van der Waals surface area contributed by atoms with Gasteiger partial charge in [0.1, 0.15) is 5.09 Å². The van der Waals surface area contributed by atoms with Crippen LogP contribution in [0, 0.1) is 0 Å². The Morgan fingerprint density at radius 2 is 2.10 bits per heavy atom. The smallest absolute Gasteiger partial charge is 0.131 e. The van der Waals surface area contributed by atoms with Gasteiger partial charge in [0.2, 0.25) is 0 Å². The molecule has 0 aliphatic carbocycles. The Hall–Kier alpha value is -0.110. The standard InChI is InChI=1S/C8H16OS/c1-10(2,3)8-6-4-5-7-9-8/h6H,4-5,7H2,1-3H3. The summed E-state index contributed by atoms with van der Waals surface area (Å²) in [5.41, 5.74) is 0. The summed E-state index contributed by atoms with van der Waals surface area (Å²) in [5, 5.41) is 1.25. The minimum atomic E-state index is -0.587. The van der Waals surface area contributed by atoms with Crippen LogP contribution in [-0.2, 0) is 4.74 Å². The zero-order valence-corrected chi connectivity index (χ0v) is 7.83. The van der Waals surface area contributed by atoms with Crippen molar-refractivity contribution in [3.63, 3.8) is 0 Å². The normalized spacial score (nSPS) is 21.3. The summed E-state index contributed by atoms with van der Waals surface area (Å²) in [5.74, 6) is 0. The van der Waals surface area contributed by atoms with Gasteiger partial charge in [-0.3, -0.25) is 0 Å². The predicted molar refractivity (Wildman–Crippen MR) is 48.6 cm³/mol. The van der Waals surface area contributed by atoms with Gasteiger partial charge < -0.3 is 4.74 Å². The van der Waals surface area contributed by atoms with Gasteiger partial charge in [-0.15, -0.1) is 0 Å². The molecule has 0 saturated carbocycles. The van der Waals surface area contributed by atoms with Crippen molar-refractivity contribution in [2.45, 2.75) is 12.8 Å². The first-order chi connectivity index (χ1) is 4.61. The van der Waals surface area contributed by atoms with Crippen molar-refractivity contribution in [1.82, 2.24) is 0 Å². The second-order valence-corrected chi connectivity index (χ2v) is 7.43. The molecule has 0 N–H and O–H groups in total. The maximum absolute atomic E-state index is 5.54. The Bertz CT molecular complexity index is 144. The van der Waals surface area contributed by atoms with Crippen molar-refractivity contribution in [3.05, 3.63) is 11.2 Å². The zero-order valence-electron chi connectivity index (χ0n) is 7.02. The quantitative estimate of drug-likeness (QED) is 0.572. The molecule has 0 aromatic rings. The summed E-state index contributed by atoms with van der Waals surface area (Å²) < 4.78 is 5.54. The van der Waals surface area contributed by atoms with Crippen molar-refractivity contribution in [2.75, 3.05) is 25.4 Å². The summed E-state index contributed by atoms with van der Waals surface area (Å²) >= 11 is 0. The van der Waals surface area contributed by atoms with Gasteiger partial charge in [-0.25, -0.2) is 0 Å². The number of hydrogen-bond donors (Lipinski definition) is 0. The SMILES string of the molecule is CS(C)(C)C1=CCCCO1. The highest BCUT2D eigenvalue weighted by Crippen LogP contribution is 2.46. The average molecular weight is 160 g/mol. The van der Waals surface area contributed by atoms with Crippen molar-refractivity contribution >= 4 is 10.0 Å². The van der Waals surface area contributed by atoms with Gasteiger partial charge in [0.05, 0.1) is 6.61 Å². The van der Waals surface area contributed by atoms with E-state index in [9.17, 15) is 0 Å². The van der Waals surface area contributed by atoms with Gasteiger partial charge in [0.25, 0.3) is 0 Å². The molecule has 2 heteroatoms. The molecule has 1 aliphatic heterocycles. The summed E-state index contributed by atoms with van der Waals surface area (Å²) in [6, 6.07) is 0. The first-order valence-corrected chi connectivity index (χ1v) is 6.48. The highest BCUT2D eigenvalue weighted by atomic mass is 32.3. The van der Waals surface area contributed by atoms with Crippen LogP contribution in [0.4, 0.5) is 0 Å². The van der Waals surface area contributed by atoms with Gasteiger partial charge >= 0.3 is 0 Å². The summed E-state index contributed by atoms with van der Waals surface area (Å²) in [7, 11) is -0.587. The number of hydrogen-bond acceptors (Lipinski definition) is 1. The molecule has 0 spiro atoms. The first-order valence-electron chi connectivity index (χ1n) is 3.62. The molecule has 0 radical (unpaired) electrons. The summed E-state index contributed by atoms with van der Waals surface area (Å²) in [6.45, 7) is 0.927. The molecule has 10 heavy (non-hydrogen) atoms. The highest BCUT2D eigenvalue weighted by molar-refractivity contribution is 8.35. The van der Waals surface area contributed by atoms with Crippen molar-refractivity contribution in [1.29, 1.82) is 0 Å². The molecule has 1 nitrogen and oxygen atoms in total. The minimum absolute atomic E-state index is 0.587. The van der Waals surface area contributed by atoms with Crippen molar-refractivity contribution in [3.8, 4) is 0 Å². The fourth-order valence-corrected chi connectivity index (χ4v) is 2.02. The second kappa shape index (κ2) is 2.87. The van der Waals surface area contributed by atoms with E-state index in [0.717, 1.165) is 6.61 Å². The molecule has 0 amide bonds. The molecule has 0 saturated heterocycles. The molecule has 0 atom stereocenters. The number of ether oxygens (including phenoxy) is 1. The van der Waals surface area contributed by atoms with E-state index in [2.05, 4.69) is 24.8 Å². The molecule has 1 rings (SSSR count). The topological polar surface area (TPSA) is 9.23 Å². The van der Waals surface area contributed by atoms with Crippen LogP contribution in [0.5, 0.6) is 0 Å². The lowest BCUT2D eigenvalue weighted by molar-refractivity contribution is 0.219. The van der Waals surface area contributed by atoms with Crippen LogP contribution in [0.2, 0.25) is 0 Å². The van der Waals surface area contributed by atoms with E-state index >= 15 is 0 Å². The Morgan fingerprint density at radius 1 is 1.40 bits per heavy atom. The molecule has 0 fully saturated rings. The van der Waals surface area contributed by atoms with E-state index in [1.807, 2.05) is 0 Å². The fraction of sp³-hybridized carbons (Fsp3) is 0.750. The van der Waals surface area contributed by atoms with Crippen LogP contribution < -0.4 is 0 Å². The molecular formula is C8H16OS. The Kier molecular flexibility index (Phi) is 2.29. The highest BCUT2D eigenvalue weighted by Gasteiger charge is 2.14. The molecule has 0 unspecified atom stereocenters. The van der Waals surface area contributed by atoms with E-state index in [0.29, 0.717) is 0 Å². The molecule has 0 aromatic carbocycles. The Morgan fingerprint density at radius 3 is 2.40 bits per heavy atom. The predicted octanol–water partition coefficient (Wildman–Crippen LogP) is 2.33. The third-order valence-corrected chi connectivity index (χ3v) is 3.00. The second-order valence-electron chi connectivity index (χ2n) is 3.35. The van der Waals surface area contributed by atoms with E-state index in [1.54, 1.807) is 0 Å². The van der Waals surface area contributed by atoms with Gasteiger partial charge in [-0.2, -0.15) is 10.0 Å². The van der Waals surface area contributed by atoms with Crippen LogP contribution in [-0.4, -0.2) is 25.4 Å². The van der Waals surface area contributed by atoms with Gasteiger partial charge in [-0.1, -0.05) is 0 Å². The monoisotopic (exact) mass is 160 g/mol. The van der Waals surface area contributed by atoms with E-state index in [-0.39, 0.29) is 0 Å². The third kappa shape index (κ3) is 1.94. The maximum Gasteiger partial charge on any atom is 0.131 e. The van der Waals surface area contributed by atoms with Gasteiger partial charge in [0, 0.05) is 0 Å². The van der Waals surface area contributed by atoms with E-state index in [1.165, 1.54) is 17.9 Å². The molecule has 0 aromatic heterocycles. The van der Waals surface area contributed by atoms with Gasteiger partial charge in [0.15, 0.2) is 0 Å². The first kappa shape index (κ1) is 7.99. The Balaban J connectivity index is 2.62. The van der Waals surface area contributed by atoms with E-state index in [4.69, 9.17) is 4.74 Å². The van der Waals surface area contributed by atoms with Crippen molar-refractivity contribution < 1.29 is 4.74 Å². The lowest BCUT2D eigenvalue weighted by atomic mass is 10.3.